The van der Waals surface area contributed by atoms with Crippen LogP contribution in [0.5, 0.6) is 0 Å². The average Bonchev–Trinajstić information content (AvgIpc) is 3.22. The fraction of sp³-hybridized carbons (Fsp3) is 0.115. The third-order valence-electron chi connectivity index (χ3n) is 5.45. The number of aryl methyl sites for hydroxylation is 2. The van der Waals surface area contributed by atoms with Crippen LogP contribution in [0.3, 0.4) is 0 Å². The van der Waals surface area contributed by atoms with Crippen molar-refractivity contribution in [3.63, 3.8) is 0 Å². The predicted octanol–water partition coefficient (Wildman–Crippen LogP) is 4.63. The van der Waals surface area contributed by atoms with Crippen molar-refractivity contribution >= 4 is 11.9 Å². The fourth-order valence-corrected chi connectivity index (χ4v) is 3.85. The Morgan fingerprint density at radius 3 is 2.34 bits per heavy atom. The molecule has 0 saturated heterocycles. The second kappa shape index (κ2) is 8.89. The fourth-order valence-electron chi connectivity index (χ4n) is 3.85. The first kappa shape index (κ1) is 21.1. The molecular weight excluding hydrogens is 402 g/mol. The summed E-state index contributed by atoms with van der Waals surface area (Å²) in [5.74, 6) is -1.33. The molecule has 4 aromatic rings. The zero-order valence-corrected chi connectivity index (χ0v) is 17.7. The molecule has 0 aliphatic carbocycles. The molecule has 4 rings (SSSR count). The number of nitrogens with zero attached hydrogens (tertiary/aromatic N) is 2. The Bertz CT molecular complexity index is 1280. The largest absolute Gasteiger partial charge is 0.481 e. The van der Waals surface area contributed by atoms with E-state index in [1.54, 1.807) is 18.3 Å². The third-order valence-corrected chi connectivity index (χ3v) is 5.45. The van der Waals surface area contributed by atoms with E-state index in [4.69, 9.17) is 5.73 Å². The first-order chi connectivity index (χ1) is 15.4. The van der Waals surface area contributed by atoms with Gasteiger partial charge in [0, 0.05) is 29.3 Å². The number of hydrogen-bond acceptors (Lipinski definition) is 3. The highest BCUT2D eigenvalue weighted by Crippen LogP contribution is 2.31. The molecule has 0 aliphatic heterocycles. The summed E-state index contributed by atoms with van der Waals surface area (Å²) < 4.78 is 2.06. The summed E-state index contributed by atoms with van der Waals surface area (Å²) in [4.78, 5) is 26.9. The molecule has 0 bridgehead atoms. The van der Waals surface area contributed by atoms with E-state index in [1.807, 2.05) is 67.7 Å². The maximum Gasteiger partial charge on any atom is 0.303 e. The van der Waals surface area contributed by atoms with Crippen LogP contribution in [0.4, 0.5) is 0 Å². The number of carbonyl (C=O) groups excluding carboxylic acids is 1. The van der Waals surface area contributed by atoms with Gasteiger partial charge in [-0.05, 0) is 72.0 Å². The molecule has 2 aromatic carbocycles. The van der Waals surface area contributed by atoms with E-state index in [2.05, 4.69) is 9.55 Å². The first-order valence-electron chi connectivity index (χ1n) is 10.3. The van der Waals surface area contributed by atoms with E-state index in [-0.39, 0.29) is 6.42 Å². The minimum Gasteiger partial charge on any atom is -0.481 e. The molecule has 0 fully saturated rings. The second-order valence-corrected chi connectivity index (χ2v) is 7.62. The Balaban J connectivity index is 1.79. The summed E-state index contributed by atoms with van der Waals surface area (Å²) in [6.45, 7) is 1.91. The van der Waals surface area contributed by atoms with E-state index in [0.29, 0.717) is 12.0 Å². The number of hydrogen-bond donors (Lipinski definition) is 2. The van der Waals surface area contributed by atoms with Crippen molar-refractivity contribution in [3.05, 3.63) is 95.9 Å². The van der Waals surface area contributed by atoms with E-state index < -0.39 is 11.9 Å². The lowest BCUT2D eigenvalue weighted by molar-refractivity contribution is -0.136. The maximum atomic E-state index is 11.6. The van der Waals surface area contributed by atoms with Crippen LogP contribution in [0.15, 0.2) is 79.1 Å². The first-order valence-corrected chi connectivity index (χ1v) is 10.3. The van der Waals surface area contributed by atoms with Crippen LogP contribution >= 0.6 is 0 Å². The van der Waals surface area contributed by atoms with Crippen molar-refractivity contribution in [2.24, 2.45) is 5.73 Å². The lowest BCUT2D eigenvalue weighted by Gasteiger charge is -2.17. The van der Waals surface area contributed by atoms with Crippen molar-refractivity contribution in [2.75, 3.05) is 0 Å². The van der Waals surface area contributed by atoms with Crippen LogP contribution in [0, 0.1) is 6.92 Å². The van der Waals surface area contributed by atoms with Gasteiger partial charge in [-0.25, -0.2) is 0 Å². The molecule has 0 atom stereocenters. The zero-order chi connectivity index (χ0) is 22.7. The minimum absolute atomic E-state index is 0.0296. The SMILES string of the molecule is Cc1cc(C(N)=O)ccc1-n1c(CCC(=O)O)ccc1-c1ccc(-c2cccnc2)cc1. The lowest BCUT2D eigenvalue weighted by Crippen LogP contribution is -2.12. The molecule has 32 heavy (non-hydrogen) atoms. The molecular formula is C26H23N3O3. The van der Waals surface area contributed by atoms with Crippen molar-refractivity contribution < 1.29 is 14.7 Å². The van der Waals surface area contributed by atoms with Crippen molar-refractivity contribution in [2.45, 2.75) is 19.8 Å². The number of rotatable bonds is 7. The molecule has 3 N–H and O–H groups in total. The third kappa shape index (κ3) is 4.30. The molecule has 2 heterocycles. The Hall–Kier alpha value is -4.19. The van der Waals surface area contributed by atoms with E-state index in [0.717, 1.165) is 39.3 Å². The molecule has 6 heteroatoms. The summed E-state index contributed by atoms with van der Waals surface area (Å²) in [6, 6.07) is 21.4. The van der Waals surface area contributed by atoms with Crippen molar-refractivity contribution in [1.82, 2.24) is 9.55 Å². The van der Waals surface area contributed by atoms with Gasteiger partial charge in [0.15, 0.2) is 0 Å². The number of carboxylic acids is 1. The molecule has 0 saturated carbocycles. The van der Waals surface area contributed by atoms with E-state index >= 15 is 0 Å². The Labute approximate surface area is 186 Å². The Morgan fingerprint density at radius 1 is 0.969 bits per heavy atom. The molecule has 0 radical (unpaired) electrons. The van der Waals surface area contributed by atoms with Crippen LogP contribution < -0.4 is 5.73 Å². The standard InChI is InChI=1S/C26H23N3O3/c1-17-15-20(26(27)32)8-11-23(17)29-22(10-13-25(30)31)9-12-24(29)19-6-4-18(5-7-19)21-3-2-14-28-16-21/h2-9,11-12,14-16H,10,13H2,1H3,(H2,27,32)(H,30,31). The number of carbonyl (C=O) groups is 2. The number of amides is 1. The molecule has 6 nitrogen and oxygen atoms in total. The minimum atomic E-state index is -0.846. The maximum absolute atomic E-state index is 11.6. The molecule has 0 aliphatic rings. The molecule has 0 unspecified atom stereocenters. The highest BCUT2D eigenvalue weighted by atomic mass is 16.4. The van der Waals surface area contributed by atoms with Crippen molar-refractivity contribution in [3.8, 4) is 28.1 Å². The van der Waals surface area contributed by atoms with Crippen LogP contribution in [-0.2, 0) is 11.2 Å². The molecule has 0 spiro atoms. The van der Waals surface area contributed by atoms with E-state index in [9.17, 15) is 14.7 Å². The Kier molecular flexibility index (Phi) is 5.85. The monoisotopic (exact) mass is 425 g/mol. The van der Waals surface area contributed by atoms with Gasteiger partial charge in [-0.3, -0.25) is 14.6 Å². The predicted molar refractivity (Wildman–Crippen MR) is 124 cm³/mol. The summed E-state index contributed by atoms with van der Waals surface area (Å²) in [7, 11) is 0. The smallest absolute Gasteiger partial charge is 0.303 e. The Morgan fingerprint density at radius 2 is 1.72 bits per heavy atom. The normalized spacial score (nSPS) is 10.8. The zero-order valence-electron chi connectivity index (χ0n) is 17.7. The van der Waals surface area contributed by atoms with Gasteiger partial charge in [-0.15, -0.1) is 0 Å². The topological polar surface area (TPSA) is 98.2 Å². The van der Waals surface area contributed by atoms with Crippen LogP contribution in [0.1, 0.15) is 28.0 Å². The van der Waals surface area contributed by atoms with Gasteiger partial charge in [-0.1, -0.05) is 30.3 Å². The van der Waals surface area contributed by atoms with Crippen LogP contribution in [0.2, 0.25) is 0 Å². The number of aliphatic carboxylic acids is 1. The number of carboxylic acid groups (broad SMARTS) is 1. The summed E-state index contributed by atoms with van der Waals surface area (Å²) in [5.41, 5.74) is 12.5. The number of aromatic nitrogens is 2. The highest BCUT2D eigenvalue weighted by Gasteiger charge is 2.16. The van der Waals surface area contributed by atoms with Gasteiger partial charge in [0.25, 0.3) is 0 Å². The summed E-state index contributed by atoms with van der Waals surface area (Å²) >= 11 is 0. The number of primary amides is 1. The van der Waals surface area contributed by atoms with Gasteiger partial charge < -0.3 is 15.4 Å². The second-order valence-electron chi connectivity index (χ2n) is 7.62. The highest BCUT2D eigenvalue weighted by molar-refractivity contribution is 5.93. The van der Waals surface area contributed by atoms with Gasteiger partial charge in [0.2, 0.25) is 5.91 Å². The van der Waals surface area contributed by atoms with Gasteiger partial charge in [-0.2, -0.15) is 0 Å². The quantitative estimate of drug-likeness (QED) is 0.451. The van der Waals surface area contributed by atoms with Crippen LogP contribution in [-0.4, -0.2) is 26.5 Å². The van der Waals surface area contributed by atoms with Crippen molar-refractivity contribution in [1.29, 1.82) is 0 Å². The molecule has 160 valence electrons. The van der Waals surface area contributed by atoms with Gasteiger partial charge in [0.1, 0.15) is 0 Å². The average molecular weight is 425 g/mol. The number of nitrogens with two attached hydrogens (primary N) is 1. The number of benzene rings is 2. The van der Waals surface area contributed by atoms with Crippen LogP contribution in [0.25, 0.3) is 28.1 Å². The molecule has 1 amide bonds. The molecule has 2 aromatic heterocycles. The number of pyridine rings is 1. The summed E-state index contributed by atoms with van der Waals surface area (Å²) in [5, 5.41) is 9.19. The van der Waals surface area contributed by atoms with E-state index in [1.165, 1.54) is 0 Å². The van der Waals surface area contributed by atoms with Gasteiger partial charge in [0.05, 0.1) is 12.1 Å². The summed E-state index contributed by atoms with van der Waals surface area (Å²) in [6.07, 6.45) is 3.99. The lowest BCUT2D eigenvalue weighted by atomic mass is 10.0. The van der Waals surface area contributed by atoms with Gasteiger partial charge >= 0.3 is 5.97 Å².